The van der Waals surface area contributed by atoms with Crippen molar-refractivity contribution in [3.63, 3.8) is 0 Å². The second-order valence-corrected chi connectivity index (χ2v) is 6.94. The first-order valence-electron chi connectivity index (χ1n) is 8.89. The molecule has 1 heterocycles. The lowest BCUT2D eigenvalue weighted by molar-refractivity contribution is 0.441. The largest absolute Gasteiger partial charge is 0.312 e. The molecule has 3 rings (SSSR count). The molecule has 2 aromatic rings. The van der Waals surface area contributed by atoms with Gasteiger partial charge in [-0.2, -0.15) is 0 Å². The molecule has 0 saturated carbocycles. The van der Waals surface area contributed by atoms with Gasteiger partial charge < -0.3 is 9.88 Å². The van der Waals surface area contributed by atoms with Crippen LogP contribution in [-0.2, 0) is 19.4 Å². The molecule has 0 saturated heterocycles. The average molecular weight is 345 g/mol. The van der Waals surface area contributed by atoms with E-state index in [-0.39, 0.29) is 5.56 Å². The fourth-order valence-corrected chi connectivity index (χ4v) is 3.71. The number of nitrogens with zero attached hydrogens (tertiary/aromatic N) is 1. The summed E-state index contributed by atoms with van der Waals surface area (Å²) in [5.74, 6) is 0. The van der Waals surface area contributed by atoms with Crippen LogP contribution in [0.25, 0.3) is 0 Å². The van der Waals surface area contributed by atoms with Gasteiger partial charge in [-0.15, -0.1) is 0 Å². The van der Waals surface area contributed by atoms with Gasteiger partial charge in [-0.3, -0.25) is 4.79 Å². The standard InChI is InChI=1S/C20H25ClN2O/c1-2-14-23-19-5-3-4-18(17(19)10-11-20(23)24)22-13-12-15-6-8-16(21)9-7-15/h6-11,18,22H,2-5,12-14H2,1H3. The highest BCUT2D eigenvalue weighted by molar-refractivity contribution is 6.30. The van der Waals surface area contributed by atoms with Gasteiger partial charge >= 0.3 is 0 Å². The van der Waals surface area contributed by atoms with Crippen molar-refractivity contribution in [2.24, 2.45) is 0 Å². The summed E-state index contributed by atoms with van der Waals surface area (Å²) in [6.07, 6.45) is 5.26. The van der Waals surface area contributed by atoms with E-state index in [1.54, 1.807) is 6.07 Å². The summed E-state index contributed by atoms with van der Waals surface area (Å²) in [5.41, 5.74) is 3.97. The van der Waals surface area contributed by atoms with Gasteiger partial charge in [0.05, 0.1) is 0 Å². The maximum atomic E-state index is 12.1. The molecule has 0 radical (unpaired) electrons. The molecule has 0 bridgehead atoms. The van der Waals surface area contributed by atoms with Crippen molar-refractivity contribution in [3.05, 3.63) is 68.6 Å². The van der Waals surface area contributed by atoms with Crippen molar-refractivity contribution in [2.75, 3.05) is 6.54 Å². The van der Waals surface area contributed by atoms with Crippen LogP contribution in [0.4, 0.5) is 0 Å². The highest BCUT2D eigenvalue weighted by Gasteiger charge is 2.22. The fourth-order valence-electron chi connectivity index (χ4n) is 3.58. The number of nitrogens with one attached hydrogen (secondary N) is 1. The molecular formula is C20H25ClN2O. The Kier molecular flexibility index (Phi) is 5.75. The summed E-state index contributed by atoms with van der Waals surface area (Å²) in [4.78, 5) is 12.1. The maximum absolute atomic E-state index is 12.1. The lowest BCUT2D eigenvalue weighted by Gasteiger charge is -2.28. The van der Waals surface area contributed by atoms with Crippen LogP contribution in [0, 0.1) is 0 Å². The number of aromatic nitrogens is 1. The summed E-state index contributed by atoms with van der Waals surface area (Å²) in [7, 11) is 0. The zero-order valence-corrected chi connectivity index (χ0v) is 15.0. The number of pyridine rings is 1. The molecule has 1 atom stereocenters. The number of hydrogen-bond donors (Lipinski definition) is 1. The van der Waals surface area contributed by atoms with Crippen LogP contribution in [-0.4, -0.2) is 11.1 Å². The molecule has 4 heteroatoms. The molecule has 1 aromatic heterocycles. The van der Waals surface area contributed by atoms with E-state index in [9.17, 15) is 4.79 Å². The SMILES string of the molecule is CCCn1c2c(ccc1=O)C(NCCc1ccc(Cl)cc1)CCC2. The minimum Gasteiger partial charge on any atom is -0.312 e. The molecule has 1 N–H and O–H groups in total. The monoisotopic (exact) mass is 344 g/mol. The van der Waals surface area contributed by atoms with Crippen LogP contribution in [0.1, 0.15) is 49.0 Å². The predicted octanol–water partition coefficient (Wildman–Crippen LogP) is 4.12. The first-order chi connectivity index (χ1) is 11.7. The molecule has 1 aromatic carbocycles. The van der Waals surface area contributed by atoms with Crippen LogP contribution in [0.2, 0.25) is 5.02 Å². The van der Waals surface area contributed by atoms with Gasteiger partial charge in [0.2, 0.25) is 0 Å². The summed E-state index contributed by atoms with van der Waals surface area (Å²) in [6.45, 7) is 3.87. The van der Waals surface area contributed by atoms with E-state index in [0.29, 0.717) is 6.04 Å². The van der Waals surface area contributed by atoms with Crippen LogP contribution in [0.5, 0.6) is 0 Å². The predicted molar refractivity (Wildman–Crippen MR) is 99.8 cm³/mol. The normalized spacial score (nSPS) is 16.8. The van der Waals surface area contributed by atoms with Gasteiger partial charge in [0.15, 0.2) is 0 Å². The Bertz CT molecular complexity index is 736. The topological polar surface area (TPSA) is 34.0 Å². The molecule has 0 spiro atoms. The number of rotatable bonds is 6. The molecule has 0 fully saturated rings. The van der Waals surface area contributed by atoms with Gasteiger partial charge in [0, 0.05) is 29.4 Å². The molecule has 128 valence electrons. The lowest BCUT2D eigenvalue weighted by atomic mass is 9.90. The van der Waals surface area contributed by atoms with Crippen LogP contribution >= 0.6 is 11.6 Å². The molecule has 1 aliphatic rings. The van der Waals surface area contributed by atoms with Crippen molar-refractivity contribution in [1.29, 1.82) is 0 Å². The van der Waals surface area contributed by atoms with E-state index in [1.807, 2.05) is 22.8 Å². The lowest BCUT2D eigenvalue weighted by Crippen LogP contribution is -2.32. The average Bonchev–Trinajstić information content (AvgIpc) is 2.59. The van der Waals surface area contributed by atoms with Crippen molar-refractivity contribution < 1.29 is 0 Å². The number of hydrogen-bond acceptors (Lipinski definition) is 2. The molecular weight excluding hydrogens is 320 g/mol. The van der Waals surface area contributed by atoms with Crippen LogP contribution < -0.4 is 10.9 Å². The molecule has 24 heavy (non-hydrogen) atoms. The Balaban J connectivity index is 1.69. The zero-order valence-electron chi connectivity index (χ0n) is 14.2. The first-order valence-corrected chi connectivity index (χ1v) is 9.27. The fraction of sp³-hybridized carbons (Fsp3) is 0.450. The van der Waals surface area contributed by atoms with Gasteiger partial charge in [-0.05, 0) is 61.9 Å². The van der Waals surface area contributed by atoms with E-state index in [2.05, 4.69) is 24.4 Å². The summed E-state index contributed by atoms with van der Waals surface area (Å²) in [5, 5.41) is 4.46. The van der Waals surface area contributed by atoms with Gasteiger partial charge in [0.25, 0.3) is 5.56 Å². The van der Waals surface area contributed by atoms with Crippen LogP contribution in [0.3, 0.4) is 0 Å². The highest BCUT2D eigenvalue weighted by atomic mass is 35.5. The van der Waals surface area contributed by atoms with E-state index in [1.165, 1.54) is 16.8 Å². The molecule has 0 aliphatic heterocycles. The molecule has 1 unspecified atom stereocenters. The highest BCUT2D eigenvalue weighted by Crippen LogP contribution is 2.28. The summed E-state index contributed by atoms with van der Waals surface area (Å²) < 4.78 is 1.97. The van der Waals surface area contributed by atoms with Gasteiger partial charge in [-0.1, -0.05) is 36.7 Å². The van der Waals surface area contributed by atoms with E-state index in [4.69, 9.17) is 11.6 Å². The zero-order chi connectivity index (χ0) is 16.9. The van der Waals surface area contributed by atoms with Gasteiger partial charge in [0.1, 0.15) is 0 Å². The third-order valence-corrected chi connectivity index (χ3v) is 5.03. The summed E-state index contributed by atoms with van der Waals surface area (Å²) in [6, 6.07) is 12.2. The van der Waals surface area contributed by atoms with E-state index in [0.717, 1.165) is 50.2 Å². The van der Waals surface area contributed by atoms with Crippen molar-refractivity contribution >= 4 is 11.6 Å². The van der Waals surface area contributed by atoms with Crippen molar-refractivity contribution in [1.82, 2.24) is 9.88 Å². The van der Waals surface area contributed by atoms with Crippen molar-refractivity contribution in [3.8, 4) is 0 Å². The first kappa shape index (κ1) is 17.2. The Morgan fingerprint density at radius 3 is 2.75 bits per heavy atom. The third kappa shape index (κ3) is 3.90. The third-order valence-electron chi connectivity index (χ3n) is 4.78. The number of halogens is 1. The van der Waals surface area contributed by atoms with Crippen molar-refractivity contribution in [2.45, 2.75) is 51.6 Å². The Labute approximate surface area is 148 Å². The molecule has 0 amide bonds. The van der Waals surface area contributed by atoms with Crippen LogP contribution in [0.15, 0.2) is 41.2 Å². The number of fused-ring (bicyclic) bond motifs is 1. The Morgan fingerprint density at radius 2 is 2.00 bits per heavy atom. The molecule has 3 nitrogen and oxygen atoms in total. The minimum absolute atomic E-state index is 0.136. The smallest absolute Gasteiger partial charge is 0.250 e. The quantitative estimate of drug-likeness (QED) is 0.855. The molecule has 1 aliphatic carbocycles. The second-order valence-electron chi connectivity index (χ2n) is 6.50. The Hall–Kier alpha value is -1.58. The van der Waals surface area contributed by atoms with E-state index >= 15 is 0 Å². The maximum Gasteiger partial charge on any atom is 0.250 e. The number of benzene rings is 1. The second kappa shape index (κ2) is 8.00. The van der Waals surface area contributed by atoms with E-state index < -0.39 is 0 Å². The minimum atomic E-state index is 0.136. The van der Waals surface area contributed by atoms with Gasteiger partial charge in [-0.25, -0.2) is 0 Å². The summed E-state index contributed by atoms with van der Waals surface area (Å²) >= 11 is 5.93. The Morgan fingerprint density at radius 1 is 1.21 bits per heavy atom.